The van der Waals surface area contributed by atoms with Gasteiger partial charge in [0.05, 0.1) is 24.0 Å². The molecule has 9 nitrogen and oxygen atoms in total. The number of H-pyrrole nitrogens is 1. The average Bonchev–Trinajstić information content (AvgIpc) is 3.26. The number of nitrogens with zero attached hydrogens (tertiary/aromatic N) is 2. The molecule has 3 aromatic rings. The van der Waals surface area contributed by atoms with E-state index < -0.39 is 5.60 Å². The summed E-state index contributed by atoms with van der Waals surface area (Å²) in [5, 5.41) is 6.25. The molecule has 0 fully saturated rings. The smallest absolute Gasteiger partial charge is 0.306 e. The van der Waals surface area contributed by atoms with Crippen LogP contribution in [0.2, 0.25) is 0 Å². The molecule has 2 amide bonds. The molecule has 2 heterocycles. The van der Waals surface area contributed by atoms with E-state index in [-0.39, 0.29) is 36.7 Å². The topological polar surface area (TPSA) is 116 Å². The number of unbranched alkanes of at least 4 members (excludes halogenated alkanes) is 2. The Labute approximate surface area is 229 Å². The van der Waals surface area contributed by atoms with Gasteiger partial charge in [0.15, 0.2) is 0 Å². The first-order chi connectivity index (χ1) is 18.7. The maximum absolute atomic E-state index is 13.3. The number of nitrogens with one attached hydrogen (secondary N) is 3. The number of rotatable bonds is 11. The summed E-state index contributed by atoms with van der Waals surface area (Å²) in [7, 11) is 0. The van der Waals surface area contributed by atoms with Gasteiger partial charge in [0, 0.05) is 25.2 Å². The van der Waals surface area contributed by atoms with Gasteiger partial charge in [-0.05, 0) is 76.1 Å². The maximum Gasteiger partial charge on any atom is 0.306 e. The predicted molar refractivity (Wildman–Crippen MR) is 152 cm³/mol. The molecule has 1 aliphatic rings. The van der Waals surface area contributed by atoms with Crippen molar-refractivity contribution in [3.05, 3.63) is 59.7 Å². The minimum atomic E-state index is -0.563. The molecular formula is C30H39N5O4. The quantitative estimate of drug-likeness (QED) is 0.245. The molecule has 0 bridgehead atoms. The molecule has 0 aliphatic carbocycles. The number of para-hydroxylation sites is 2. The van der Waals surface area contributed by atoms with Crippen molar-refractivity contribution in [3.8, 4) is 0 Å². The number of carbonyl (C=O) groups is 3. The largest absolute Gasteiger partial charge is 0.460 e. The molecule has 3 N–H and O–H groups in total. The zero-order valence-corrected chi connectivity index (χ0v) is 23.1. The zero-order valence-electron chi connectivity index (χ0n) is 23.1. The van der Waals surface area contributed by atoms with Crippen LogP contribution in [-0.2, 0) is 14.3 Å². The Balaban J connectivity index is 1.20. The highest BCUT2D eigenvalue weighted by molar-refractivity contribution is 5.98. The molecule has 39 heavy (non-hydrogen) atoms. The van der Waals surface area contributed by atoms with E-state index in [9.17, 15) is 14.4 Å². The number of aromatic nitrogens is 2. The van der Waals surface area contributed by atoms with Gasteiger partial charge in [-0.1, -0.05) is 30.3 Å². The number of benzene rings is 2. The molecule has 1 aliphatic heterocycles. The second-order valence-corrected chi connectivity index (χ2v) is 11.0. The van der Waals surface area contributed by atoms with E-state index in [0.29, 0.717) is 25.1 Å². The molecule has 0 saturated carbocycles. The van der Waals surface area contributed by atoms with Gasteiger partial charge in [0.25, 0.3) is 5.91 Å². The number of fused-ring (bicyclic) bond motifs is 2. The van der Waals surface area contributed by atoms with Gasteiger partial charge in [-0.15, -0.1) is 0 Å². The van der Waals surface area contributed by atoms with Crippen LogP contribution in [0.1, 0.15) is 74.7 Å². The second-order valence-electron chi connectivity index (χ2n) is 11.0. The van der Waals surface area contributed by atoms with Crippen LogP contribution in [0.4, 0.5) is 5.95 Å². The van der Waals surface area contributed by atoms with Crippen LogP contribution < -0.4 is 10.6 Å². The number of esters is 1. The molecule has 9 heteroatoms. The van der Waals surface area contributed by atoms with Crippen molar-refractivity contribution in [1.29, 1.82) is 0 Å². The first-order valence-electron chi connectivity index (χ1n) is 13.7. The van der Waals surface area contributed by atoms with Crippen molar-refractivity contribution in [1.82, 2.24) is 20.2 Å². The summed E-state index contributed by atoms with van der Waals surface area (Å²) in [6, 6.07) is 15.3. The third-order valence-corrected chi connectivity index (χ3v) is 6.69. The molecule has 0 saturated heterocycles. The Kier molecular flexibility index (Phi) is 9.22. The Morgan fingerprint density at radius 3 is 2.59 bits per heavy atom. The monoisotopic (exact) mass is 533 g/mol. The maximum atomic E-state index is 13.3. The Hall–Kier alpha value is -3.88. The summed E-state index contributed by atoms with van der Waals surface area (Å²) >= 11 is 0. The lowest BCUT2D eigenvalue weighted by Crippen LogP contribution is -2.41. The number of aromatic amines is 1. The van der Waals surface area contributed by atoms with E-state index in [1.165, 1.54) is 0 Å². The Bertz CT molecular complexity index is 1260. The van der Waals surface area contributed by atoms with Crippen LogP contribution >= 0.6 is 0 Å². The third kappa shape index (κ3) is 8.05. The van der Waals surface area contributed by atoms with Gasteiger partial charge in [0.1, 0.15) is 5.60 Å². The van der Waals surface area contributed by atoms with Crippen molar-refractivity contribution in [2.45, 2.75) is 64.4 Å². The van der Waals surface area contributed by atoms with Crippen molar-refractivity contribution < 1.29 is 19.1 Å². The van der Waals surface area contributed by atoms with Gasteiger partial charge in [0.2, 0.25) is 11.9 Å². The van der Waals surface area contributed by atoms with Gasteiger partial charge in [-0.2, -0.15) is 0 Å². The second kappa shape index (κ2) is 12.8. The minimum Gasteiger partial charge on any atom is -0.460 e. The fourth-order valence-electron chi connectivity index (χ4n) is 4.86. The molecule has 208 valence electrons. The highest BCUT2D eigenvalue weighted by Gasteiger charge is 2.31. The zero-order chi connectivity index (χ0) is 27.8. The molecule has 4 rings (SSSR count). The molecule has 1 atom stereocenters. The summed E-state index contributed by atoms with van der Waals surface area (Å²) < 4.78 is 5.52. The Morgan fingerprint density at radius 1 is 1.05 bits per heavy atom. The summed E-state index contributed by atoms with van der Waals surface area (Å²) in [6.45, 7) is 7.28. The van der Waals surface area contributed by atoms with E-state index in [1.807, 2.05) is 63.2 Å². The molecule has 0 radical (unpaired) electrons. The normalized spacial score (nSPS) is 15.5. The fraction of sp³-hybridized carbons (Fsp3) is 0.467. The van der Waals surface area contributed by atoms with Gasteiger partial charge in [-0.25, -0.2) is 4.98 Å². The van der Waals surface area contributed by atoms with Crippen molar-refractivity contribution >= 4 is 34.8 Å². The van der Waals surface area contributed by atoms with Crippen molar-refractivity contribution in [2.75, 3.05) is 31.5 Å². The number of hydrogen-bond acceptors (Lipinski definition) is 6. The number of ether oxygens (including phenoxy) is 1. The van der Waals surface area contributed by atoms with Crippen LogP contribution in [0.15, 0.2) is 48.5 Å². The highest BCUT2D eigenvalue weighted by Crippen LogP contribution is 2.32. The lowest BCUT2D eigenvalue weighted by Gasteiger charge is -2.22. The lowest BCUT2D eigenvalue weighted by molar-refractivity contribution is -0.155. The fourth-order valence-corrected chi connectivity index (χ4v) is 4.86. The SMILES string of the molecule is CC(C)(C)OC(=O)CC1CCN(CC(=O)NCCCCCNc2nc3ccccc3[nH]2)C(=O)c2ccccc21. The van der Waals surface area contributed by atoms with Crippen molar-refractivity contribution in [3.63, 3.8) is 0 Å². The summed E-state index contributed by atoms with van der Waals surface area (Å²) in [4.78, 5) is 47.8. The third-order valence-electron chi connectivity index (χ3n) is 6.69. The first-order valence-corrected chi connectivity index (χ1v) is 13.7. The number of imidazole rings is 1. The number of amides is 2. The molecule has 1 aromatic heterocycles. The number of anilines is 1. The molecule has 2 aromatic carbocycles. The highest BCUT2D eigenvalue weighted by atomic mass is 16.6. The van der Waals surface area contributed by atoms with Gasteiger partial charge in [-0.3, -0.25) is 14.4 Å². The first kappa shape index (κ1) is 28.1. The van der Waals surface area contributed by atoms with E-state index >= 15 is 0 Å². The van der Waals surface area contributed by atoms with Gasteiger partial charge >= 0.3 is 5.97 Å². The molecule has 1 unspecified atom stereocenters. The minimum absolute atomic E-state index is 0.0000659. The van der Waals surface area contributed by atoms with E-state index in [1.54, 1.807) is 11.0 Å². The standard InChI is InChI=1S/C30H39N5O4/c1-30(2,3)39-27(37)19-21-15-18-35(28(38)23-12-6-5-11-22(21)23)20-26(36)31-16-9-4-10-17-32-29-33-24-13-7-8-14-25(24)34-29/h5-8,11-14,21H,4,9-10,15-20H2,1-3H3,(H,31,36)(H2,32,33,34). The van der Waals surface area contributed by atoms with E-state index in [0.717, 1.165) is 48.4 Å². The van der Waals surface area contributed by atoms with Crippen molar-refractivity contribution in [2.24, 2.45) is 0 Å². The van der Waals surface area contributed by atoms with Crippen LogP contribution in [0.25, 0.3) is 11.0 Å². The summed E-state index contributed by atoms with van der Waals surface area (Å²) in [5.74, 6) is -0.00702. The number of carbonyl (C=O) groups excluding carboxylic acids is 3. The lowest BCUT2D eigenvalue weighted by atomic mass is 9.90. The molecular weight excluding hydrogens is 494 g/mol. The number of hydrogen-bond donors (Lipinski definition) is 3. The van der Waals surface area contributed by atoms with Crippen LogP contribution in [0, 0.1) is 0 Å². The van der Waals surface area contributed by atoms with Crippen LogP contribution in [-0.4, -0.2) is 64.4 Å². The predicted octanol–water partition coefficient (Wildman–Crippen LogP) is 4.62. The van der Waals surface area contributed by atoms with Crippen LogP contribution in [0.5, 0.6) is 0 Å². The molecule has 0 spiro atoms. The summed E-state index contributed by atoms with van der Waals surface area (Å²) in [6.07, 6.45) is 3.55. The van der Waals surface area contributed by atoms with Gasteiger partial charge < -0.3 is 25.3 Å². The van der Waals surface area contributed by atoms with Crippen LogP contribution in [0.3, 0.4) is 0 Å². The van der Waals surface area contributed by atoms with E-state index in [4.69, 9.17) is 4.74 Å². The summed E-state index contributed by atoms with van der Waals surface area (Å²) in [5.41, 5.74) is 2.77. The average molecular weight is 534 g/mol. The van der Waals surface area contributed by atoms with E-state index in [2.05, 4.69) is 20.6 Å². The Morgan fingerprint density at radius 2 is 1.79 bits per heavy atom.